The van der Waals surface area contributed by atoms with E-state index in [1.54, 1.807) is 19.1 Å². The summed E-state index contributed by atoms with van der Waals surface area (Å²) in [4.78, 5) is 17.9. The zero-order valence-electron chi connectivity index (χ0n) is 13.6. The molecule has 9 nitrogen and oxygen atoms in total. The molecule has 26 heavy (non-hydrogen) atoms. The highest BCUT2D eigenvalue weighted by atomic mass is 31.2. The summed E-state index contributed by atoms with van der Waals surface area (Å²) in [5.74, 6) is -5.35. The zero-order chi connectivity index (χ0) is 19.7. The number of phosphoric ester groups is 1. The molecule has 0 saturated heterocycles. The maximum Gasteiger partial charge on any atom is 0.524 e. The molecule has 0 radical (unpaired) electrons. The number of phosphoric acid groups is 1. The lowest BCUT2D eigenvalue weighted by Gasteiger charge is -2.28. The number of hydrogen-bond donors (Lipinski definition) is 7. The third-order valence-corrected chi connectivity index (χ3v) is 4.17. The van der Waals surface area contributed by atoms with Crippen LogP contribution in [0.3, 0.4) is 0 Å². The van der Waals surface area contributed by atoms with Gasteiger partial charge in [-0.3, -0.25) is 9.79 Å². The van der Waals surface area contributed by atoms with Gasteiger partial charge in [0.2, 0.25) is 0 Å². The molecule has 2 rings (SSSR count). The Labute approximate surface area is 148 Å². The van der Waals surface area contributed by atoms with E-state index in [0.29, 0.717) is 5.56 Å². The summed E-state index contributed by atoms with van der Waals surface area (Å²) in [6, 6.07) is 7.51. The molecule has 0 aromatic heterocycles. The van der Waals surface area contributed by atoms with Gasteiger partial charge in [0.15, 0.2) is 5.79 Å². The van der Waals surface area contributed by atoms with Crippen molar-refractivity contribution < 1.29 is 44.4 Å². The predicted molar refractivity (Wildman–Crippen MR) is 89.7 cm³/mol. The Morgan fingerprint density at radius 1 is 1.04 bits per heavy atom. The van der Waals surface area contributed by atoms with Crippen LogP contribution in [0.25, 0.3) is 0 Å². The number of rotatable bonds is 6. The first-order valence-corrected chi connectivity index (χ1v) is 8.97. The van der Waals surface area contributed by atoms with Crippen molar-refractivity contribution in [3.05, 3.63) is 47.5 Å². The first kappa shape index (κ1) is 20.0. The van der Waals surface area contributed by atoms with Gasteiger partial charge in [0, 0.05) is 18.6 Å². The Bertz CT molecular complexity index is 826. The van der Waals surface area contributed by atoms with Crippen LogP contribution in [0.2, 0.25) is 0 Å². The lowest BCUT2D eigenvalue weighted by atomic mass is 9.89. The van der Waals surface area contributed by atoms with Crippen molar-refractivity contribution in [2.24, 2.45) is 0 Å². The normalized spacial score (nSPS) is 13.4. The van der Waals surface area contributed by atoms with Crippen LogP contribution in [0.1, 0.15) is 30.4 Å². The van der Waals surface area contributed by atoms with Gasteiger partial charge >= 0.3 is 7.82 Å². The largest absolute Gasteiger partial charge is 0.524 e. The maximum atomic E-state index is 11.1. The fourth-order valence-electron chi connectivity index (χ4n) is 2.64. The lowest BCUT2D eigenvalue weighted by Crippen LogP contribution is -2.28. The van der Waals surface area contributed by atoms with Crippen molar-refractivity contribution in [1.29, 1.82) is 0 Å². The highest BCUT2D eigenvalue weighted by Crippen LogP contribution is 2.48. The van der Waals surface area contributed by atoms with Gasteiger partial charge in [-0.2, -0.15) is 0 Å². The molecule has 0 fully saturated rings. The van der Waals surface area contributed by atoms with Crippen LogP contribution in [0.4, 0.5) is 0 Å². The lowest BCUT2D eigenvalue weighted by molar-refractivity contribution is -0.178. The zero-order valence-corrected chi connectivity index (χ0v) is 14.5. The molecule has 2 aromatic rings. The smallest absolute Gasteiger partial charge is 0.508 e. The molecular formula is C16H19O9P. The van der Waals surface area contributed by atoms with Crippen molar-refractivity contribution in [2.45, 2.75) is 25.0 Å². The molecule has 7 N–H and O–H groups in total. The summed E-state index contributed by atoms with van der Waals surface area (Å²) in [6.45, 7) is 1.65. The molecule has 0 heterocycles. The van der Waals surface area contributed by atoms with E-state index in [0.717, 1.165) is 12.1 Å². The van der Waals surface area contributed by atoms with E-state index < -0.39 is 42.3 Å². The summed E-state index contributed by atoms with van der Waals surface area (Å²) in [7, 11) is -5.09. The van der Waals surface area contributed by atoms with Gasteiger partial charge in [-0.05, 0) is 23.6 Å². The van der Waals surface area contributed by atoms with Crippen LogP contribution < -0.4 is 4.52 Å². The van der Waals surface area contributed by atoms with E-state index in [9.17, 15) is 30.1 Å². The van der Waals surface area contributed by atoms with Gasteiger partial charge in [-0.15, -0.1) is 0 Å². The topological polar surface area (TPSA) is 168 Å². The quantitative estimate of drug-likeness (QED) is 0.288. The Morgan fingerprint density at radius 3 is 2.15 bits per heavy atom. The van der Waals surface area contributed by atoms with E-state index in [2.05, 4.69) is 4.52 Å². The number of hydrogen-bond acceptors (Lipinski definition) is 7. The summed E-state index contributed by atoms with van der Waals surface area (Å²) in [6.07, 6.45) is -0.381. The molecule has 0 saturated carbocycles. The van der Waals surface area contributed by atoms with Crippen molar-refractivity contribution in [3.63, 3.8) is 0 Å². The number of aliphatic hydroxyl groups is 2. The monoisotopic (exact) mass is 386 g/mol. The average Bonchev–Trinajstić information content (AvgIpc) is 2.44. The SMILES string of the molecule is CC(CC(O)(O)c1c(O)cc(O)cc1OP(=O)(O)O)c1ccc(O)cc1. The maximum absolute atomic E-state index is 11.1. The van der Waals surface area contributed by atoms with Gasteiger partial charge in [0.25, 0.3) is 0 Å². The fraction of sp³-hybridized carbons (Fsp3) is 0.250. The molecule has 2 aromatic carbocycles. The van der Waals surface area contributed by atoms with Crippen LogP contribution in [0, 0.1) is 0 Å². The molecule has 0 spiro atoms. The first-order valence-electron chi connectivity index (χ1n) is 7.44. The summed E-state index contributed by atoms with van der Waals surface area (Å²) in [5.41, 5.74) is -0.0461. The van der Waals surface area contributed by atoms with Crippen LogP contribution >= 0.6 is 7.82 Å². The molecule has 1 unspecified atom stereocenters. The van der Waals surface area contributed by atoms with E-state index in [1.807, 2.05) is 0 Å². The van der Waals surface area contributed by atoms with Crippen LogP contribution in [0.15, 0.2) is 36.4 Å². The second kappa shape index (κ2) is 7.14. The Balaban J connectivity index is 2.41. The average molecular weight is 386 g/mol. The first-order chi connectivity index (χ1) is 11.9. The Hall–Kier alpha value is -2.29. The molecule has 0 aliphatic rings. The fourth-order valence-corrected chi connectivity index (χ4v) is 3.04. The highest BCUT2D eigenvalue weighted by molar-refractivity contribution is 7.46. The van der Waals surface area contributed by atoms with Crippen LogP contribution in [0.5, 0.6) is 23.0 Å². The van der Waals surface area contributed by atoms with Crippen molar-refractivity contribution in [2.75, 3.05) is 0 Å². The van der Waals surface area contributed by atoms with Gasteiger partial charge in [0.05, 0.1) is 5.56 Å². The molecule has 10 heteroatoms. The molecule has 0 amide bonds. The molecule has 1 atom stereocenters. The number of phenols is 3. The van der Waals surface area contributed by atoms with E-state index >= 15 is 0 Å². The van der Waals surface area contributed by atoms with Crippen molar-refractivity contribution >= 4 is 7.82 Å². The van der Waals surface area contributed by atoms with Crippen molar-refractivity contribution in [3.8, 4) is 23.0 Å². The standard InChI is InChI=1S/C16H19O9P/c1-9(10-2-4-11(17)5-3-10)8-16(20,21)15-13(19)6-12(18)7-14(15)25-26(22,23)24/h2-7,9,17-21H,8H2,1H3,(H2,22,23,24). The van der Waals surface area contributed by atoms with E-state index in [1.165, 1.54) is 12.1 Å². The minimum atomic E-state index is -5.09. The van der Waals surface area contributed by atoms with E-state index in [-0.39, 0.29) is 12.2 Å². The molecule has 0 aliphatic carbocycles. The molecule has 0 bridgehead atoms. The number of phenolic OH excluding ortho intramolecular Hbond substituents is 3. The van der Waals surface area contributed by atoms with Crippen LogP contribution in [-0.2, 0) is 10.4 Å². The minimum Gasteiger partial charge on any atom is -0.508 e. The van der Waals surface area contributed by atoms with Crippen LogP contribution in [-0.4, -0.2) is 35.3 Å². The second-order valence-electron chi connectivity index (χ2n) is 5.93. The summed E-state index contributed by atoms with van der Waals surface area (Å²) < 4.78 is 15.5. The minimum absolute atomic E-state index is 0.0359. The van der Waals surface area contributed by atoms with Gasteiger partial charge in [-0.1, -0.05) is 19.1 Å². The third kappa shape index (κ3) is 4.87. The number of benzene rings is 2. The van der Waals surface area contributed by atoms with Crippen molar-refractivity contribution in [1.82, 2.24) is 0 Å². The highest BCUT2D eigenvalue weighted by Gasteiger charge is 2.37. The van der Waals surface area contributed by atoms with Gasteiger partial charge in [0.1, 0.15) is 23.0 Å². The van der Waals surface area contributed by atoms with Gasteiger partial charge < -0.3 is 30.1 Å². The molecule has 142 valence electrons. The third-order valence-electron chi connectivity index (χ3n) is 3.74. The molecular weight excluding hydrogens is 367 g/mol. The summed E-state index contributed by atoms with van der Waals surface area (Å²) >= 11 is 0. The van der Waals surface area contributed by atoms with E-state index in [4.69, 9.17) is 9.79 Å². The predicted octanol–water partition coefficient (Wildman–Crippen LogP) is 1.61. The second-order valence-corrected chi connectivity index (χ2v) is 7.10. The Morgan fingerprint density at radius 2 is 1.62 bits per heavy atom. The number of aromatic hydroxyl groups is 3. The van der Waals surface area contributed by atoms with Gasteiger partial charge in [-0.25, -0.2) is 4.57 Å². The summed E-state index contributed by atoms with van der Waals surface area (Å²) in [5, 5.41) is 49.7. The molecule has 0 aliphatic heterocycles. The Kier molecular flexibility index (Phi) is 5.50.